The highest BCUT2D eigenvalue weighted by Crippen LogP contribution is 2.31. The summed E-state index contributed by atoms with van der Waals surface area (Å²) in [5, 5.41) is 0.521. The predicted octanol–water partition coefficient (Wildman–Crippen LogP) is 3.31. The van der Waals surface area contributed by atoms with Crippen molar-refractivity contribution < 1.29 is 13.9 Å². The summed E-state index contributed by atoms with van der Waals surface area (Å²) in [6.07, 6.45) is 0. The van der Waals surface area contributed by atoms with Crippen molar-refractivity contribution in [3.05, 3.63) is 58.8 Å². The van der Waals surface area contributed by atoms with E-state index in [-0.39, 0.29) is 11.2 Å². The van der Waals surface area contributed by atoms with Crippen molar-refractivity contribution in [3.8, 4) is 17.1 Å². The molecule has 1 aliphatic rings. The molecule has 0 N–H and O–H groups in total. The number of para-hydroxylation sites is 1. The maximum absolute atomic E-state index is 12.7. The van der Waals surface area contributed by atoms with Crippen LogP contribution in [0, 0.1) is 0 Å². The van der Waals surface area contributed by atoms with Gasteiger partial charge in [0.05, 0.1) is 25.7 Å². The van der Waals surface area contributed by atoms with E-state index in [0.29, 0.717) is 16.7 Å². The fourth-order valence-corrected chi connectivity index (χ4v) is 3.15. The number of nitrogens with zero attached hydrogens (tertiary/aromatic N) is 1. The lowest BCUT2D eigenvalue weighted by atomic mass is 10.1. The SMILES string of the molecule is COc1c(-c2ccc(N3CCOCC3)cc2)oc2ccccc2c1=O. The lowest BCUT2D eigenvalue weighted by Gasteiger charge is -2.28. The van der Waals surface area contributed by atoms with Gasteiger partial charge >= 0.3 is 0 Å². The smallest absolute Gasteiger partial charge is 0.235 e. The highest BCUT2D eigenvalue weighted by Gasteiger charge is 2.17. The van der Waals surface area contributed by atoms with Crippen LogP contribution in [0.4, 0.5) is 5.69 Å². The third-order valence-corrected chi connectivity index (χ3v) is 4.47. The van der Waals surface area contributed by atoms with Crippen LogP contribution in [-0.4, -0.2) is 33.4 Å². The van der Waals surface area contributed by atoms with Crippen LogP contribution in [0.1, 0.15) is 0 Å². The maximum Gasteiger partial charge on any atom is 0.235 e. The molecule has 1 aliphatic heterocycles. The first-order chi connectivity index (χ1) is 12.3. The van der Waals surface area contributed by atoms with Crippen molar-refractivity contribution in [1.82, 2.24) is 0 Å². The quantitative estimate of drug-likeness (QED) is 0.734. The van der Waals surface area contributed by atoms with E-state index in [9.17, 15) is 4.79 Å². The summed E-state index contributed by atoms with van der Waals surface area (Å²) in [5.74, 6) is 0.692. The maximum atomic E-state index is 12.7. The van der Waals surface area contributed by atoms with E-state index >= 15 is 0 Å². The second-order valence-electron chi connectivity index (χ2n) is 5.94. The van der Waals surface area contributed by atoms with Crippen molar-refractivity contribution in [2.75, 3.05) is 38.3 Å². The molecule has 2 heterocycles. The van der Waals surface area contributed by atoms with E-state index in [4.69, 9.17) is 13.9 Å². The monoisotopic (exact) mass is 337 g/mol. The molecule has 25 heavy (non-hydrogen) atoms. The van der Waals surface area contributed by atoms with Crippen LogP contribution in [0.25, 0.3) is 22.3 Å². The molecule has 0 bridgehead atoms. The number of ether oxygens (including phenoxy) is 2. The minimum atomic E-state index is -0.156. The standard InChI is InChI=1S/C20H19NO4/c1-23-20-18(22)16-4-2-3-5-17(16)25-19(20)14-6-8-15(9-7-14)21-10-12-24-13-11-21/h2-9H,10-13H2,1H3. The highest BCUT2D eigenvalue weighted by molar-refractivity contribution is 5.82. The fraction of sp³-hybridized carbons (Fsp3) is 0.250. The van der Waals surface area contributed by atoms with Gasteiger partial charge in [0.15, 0.2) is 5.76 Å². The topological polar surface area (TPSA) is 51.9 Å². The lowest BCUT2D eigenvalue weighted by Crippen LogP contribution is -2.36. The van der Waals surface area contributed by atoms with Gasteiger partial charge in [-0.1, -0.05) is 12.1 Å². The molecule has 2 aromatic carbocycles. The Kier molecular flexibility index (Phi) is 4.15. The van der Waals surface area contributed by atoms with Gasteiger partial charge in [-0.15, -0.1) is 0 Å². The number of hydrogen-bond acceptors (Lipinski definition) is 5. The van der Waals surface area contributed by atoms with Gasteiger partial charge in [-0.05, 0) is 36.4 Å². The van der Waals surface area contributed by atoms with Gasteiger partial charge < -0.3 is 18.8 Å². The van der Waals surface area contributed by atoms with Gasteiger partial charge in [0, 0.05) is 24.3 Å². The van der Waals surface area contributed by atoms with Crippen LogP contribution < -0.4 is 15.1 Å². The second-order valence-corrected chi connectivity index (χ2v) is 5.94. The average molecular weight is 337 g/mol. The molecule has 1 fully saturated rings. The van der Waals surface area contributed by atoms with Crippen LogP contribution in [0.2, 0.25) is 0 Å². The largest absolute Gasteiger partial charge is 0.490 e. The summed E-state index contributed by atoms with van der Waals surface area (Å²) in [6, 6.07) is 15.2. The van der Waals surface area contributed by atoms with E-state index in [1.165, 1.54) is 7.11 Å². The molecule has 5 heteroatoms. The van der Waals surface area contributed by atoms with Gasteiger partial charge in [0.25, 0.3) is 0 Å². The Morgan fingerprint density at radius 1 is 1.00 bits per heavy atom. The molecule has 4 rings (SSSR count). The Morgan fingerprint density at radius 3 is 2.44 bits per heavy atom. The second kappa shape index (κ2) is 6.61. The predicted molar refractivity (Wildman–Crippen MR) is 97.5 cm³/mol. The summed E-state index contributed by atoms with van der Waals surface area (Å²) >= 11 is 0. The molecule has 0 amide bonds. The number of anilines is 1. The summed E-state index contributed by atoms with van der Waals surface area (Å²) in [6.45, 7) is 3.26. The molecule has 0 atom stereocenters. The number of morpholine rings is 1. The zero-order valence-corrected chi connectivity index (χ0v) is 14.0. The van der Waals surface area contributed by atoms with Crippen LogP contribution >= 0.6 is 0 Å². The molecule has 0 saturated carbocycles. The van der Waals surface area contributed by atoms with Crippen molar-refractivity contribution in [3.63, 3.8) is 0 Å². The highest BCUT2D eigenvalue weighted by atomic mass is 16.5. The van der Waals surface area contributed by atoms with E-state index in [1.54, 1.807) is 12.1 Å². The van der Waals surface area contributed by atoms with Crippen LogP contribution in [0.3, 0.4) is 0 Å². The molecule has 1 aromatic heterocycles. The Morgan fingerprint density at radius 2 is 1.72 bits per heavy atom. The summed E-state index contributed by atoms with van der Waals surface area (Å²) < 4.78 is 16.7. The zero-order valence-electron chi connectivity index (χ0n) is 14.0. The number of rotatable bonds is 3. The first-order valence-corrected chi connectivity index (χ1v) is 8.31. The Bertz CT molecular complexity index is 940. The Balaban J connectivity index is 1.77. The number of methoxy groups -OCH3 is 1. The molecule has 1 saturated heterocycles. The average Bonchev–Trinajstić information content (AvgIpc) is 2.69. The first kappa shape index (κ1) is 15.7. The molecule has 0 unspecified atom stereocenters. The Hall–Kier alpha value is -2.79. The van der Waals surface area contributed by atoms with Gasteiger partial charge in [-0.2, -0.15) is 0 Å². The molecule has 0 aliphatic carbocycles. The van der Waals surface area contributed by atoms with Crippen molar-refractivity contribution in [2.45, 2.75) is 0 Å². The molecular weight excluding hydrogens is 318 g/mol. The summed E-state index contributed by atoms with van der Waals surface area (Å²) in [7, 11) is 1.49. The van der Waals surface area contributed by atoms with Crippen molar-refractivity contribution in [1.29, 1.82) is 0 Å². The fourth-order valence-electron chi connectivity index (χ4n) is 3.15. The van der Waals surface area contributed by atoms with Crippen LogP contribution in [0.5, 0.6) is 5.75 Å². The lowest BCUT2D eigenvalue weighted by molar-refractivity contribution is 0.122. The molecule has 3 aromatic rings. The van der Waals surface area contributed by atoms with Gasteiger partial charge in [-0.3, -0.25) is 4.79 Å². The number of fused-ring (bicyclic) bond motifs is 1. The van der Waals surface area contributed by atoms with Crippen LogP contribution in [0.15, 0.2) is 57.7 Å². The summed E-state index contributed by atoms with van der Waals surface area (Å²) in [5.41, 5.74) is 2.35. The van der Waals surface area contributed by atoms with E-state index in [2.05, 4.69) is 4.90 Å². The third-order valence-electron chi connectivity index (χ3n) is 4.47. The van der Waals surface area contributed by atoms with Gasteiger partial charge in [0.2, 0.25) is 11.2 Å². The minimum Gasteiger partial charge on any atom is -0.490 e. The van der Waals surface area contributed by atoms with Gasteiger partial charge in [-0.25, -0.2) is 0 Å². The zero-order chi connectivity index (χ0) is 17.2. The summed E-state index contributed by atoms with van der Waals surface area (Å²) in [4.78, 5) is 14.9. The normalized spacial score (nSPS) is 14.7. The van der Waals surface area contributed by atoms with E-state index in [1.807, 2.05) is 36.4 Å². The van der Waals surface area contributed by atoms with Crippen molar-refractivity contribution in [2.24, 2.45) is 0 Å². The van der Waals surface area contributed by atoms with Gasteiger partial charge in [0.1, 0.15) is 5.58 Å². The van der Waals surface area contributed by atoms with E-state index in [0.717, 1.165) is 37.6 Å². The molecule has 0 spiro atoms. The number of benzene rings is 2. The molecule has 0 radical (unpaired) electrons. The molecular formula is C20H19NO4. The Labute approximate surface area is 145 Å². The number of hydrogen-bond donors (Lipinski definition) is 0. The third kappa shape index (κ3) is 2.87. The molecule has 5 nitrogen and oxygen atoms in total. The van der Waals surface area contributed by atoms with Crippen LogP contribution in [-0.2, 0) is 4.74 Å². The minimum absolute atomic E-state index is 0.156. The van der Waals surface area contributed by atoms with Crippen molar-refractivity contribution >= 4 is 16.7 Å². The van der Waals surface area contributed by atoms with E-state index < -0.39 is 0 Å². The molecule has 128 valence electrons. The first-order valence-electron chi connectivity index (χ1n) is 8.31.